The van der Waals surface area contributed by atoms with Gasteiger partial charge in [0.1, 0.15) is 11.6 Å². The molecule has 0 bridgehead atoms. The molecular formula is C16H18FNO3S. The third-order valence-corrected chi connectivity index (χ3v) is 4.60. The van der Waals surface area contributed by atoms with Crippen LogP contribution in [0.15, 0.2) is 47.4 Å². The summed E-state index contributed by atoms with van der Waals surface area (Å²) >= 11 is 0. The fourth-order valence-corrected chi connectivity index (χ4v) is 3.49. The van der Waals surface area contributed by atoms with E-state index in [1.54, 1.807) is 32.9 Å². The molecule has 0 atom stereocenters. The average Bonchev–Trinajstić information content (AvgIpc) is 2.36. The Hall–Kier alpha value is -1.92. The summed E-state index contributed by atoms with van der Waals surface area (Å²) < 4.78 is 41.1. The number of benzene rings is 2. The van der Waals surface area contributed by atoms with Gasteiger partial charge in [0.25, 0.3) is 0 Å². The van der Waals surface area contributed by atoms with E-state index < -0.39 is 21.4 Å². The van der Waals surface area contributed by atoms with Gasteiger partial charge in [-0.15, -0.1) is 0 Å². The van der Waals surface area contributed by atoms with Crippen LogP contribution in [0.3, 0.4) is 0 Å². The summed E-state index contributed by atoms with van der Waals surface area (Å²) in [6.45, 7) is 5.23. The first-order valence-electron chi connectivity index (χ1n) is 6.71. The van der Waals surface area contributed by atoms with E-state index in [-0.39, 0.29) is 16.2 Å². The molecule has 0 saturated heterocycles. The summed E-state index contributed by atoms with van der Waals surface area (Å²) in [5, 5.41) is 9.25. The number of aromatic hydroxyl groups is 1. The third-order valence-electron chi connectivity index (χ3n) is 2.85. The van der Waals surface area contributed by atoms with Crippen LogP contribution < -0.4 is 4.72 Å². The smallest absolute Gasteiger partial charge is 0.241 e. The van der Waals surface area contributed by atoms with Gasteiger partial charge in [0.05, 0.1) is 4.90 Å². The molecule has 2 rings (SSSR count). The van der Waals surface area contributed by atoms with Crippen LogP contribution >= 0.6 is 0 Å². The van der Waals surface area contributed by atoms with Crippen molar-refractivity contribution in [2.75, 3.05) is 0 Å². The number of nitrogens with one attached hydrogen (secondary N) is 1. The molecule has 0 aromatic heterocycles. The largest absolute Gasteiger partial charge is 0.508 e. The molecular weight excluding hydrogens is 305 g/mol. The first-order chi connectivity index (χ1) is 10.1. The van der Waals surface area contributed by atoms with Crippen LogP contribution in [0.5, 0.6) is 5.75 Å². The molecule has 2 aromatic rings. The Bertz CT molecular complexity index is 795. The van der Waals surface area contributed by atoms with E-state index in [2.05, 4.69) is 4.72 Å². The number of halogens is 1. The average molecular weight is 323 g/mol. The highest BCUT2D eigenvalue weighted by Gasteiger charge is 2.22. The Kier molecular flexibility index (Phi) is 4.26. The molecule has 0 heterocycles. The molecule has 0 aliphatic rings. The van der Waals surface area contributed by atoms with Crippen LogP contribution in [0.25, 0.3) is 11.1 Å². The minimum absolute atomic E-state index is 0.0624. The molecule has 0 aliphatic carbocycles. The number of rotatable bonds is 3. The molecule has 22 heavy (non-hydrogen) atoms. The van der Waals surface area contributed by atoms with Crippen molar-refractivity contribution in [1.82, 2.24) is 4.72 Å². The van der Waals surface area contributed by atoms with E-state index in [9.17, 15) is 17.9 Å². The van der Waals surface area contributed by atoms with Crippen LogP contribution in [-0.2, 0) is 10.0 Å². The monoisotopic (exact) mass is 323 g/mol. The number of hydrogen-bond acceptors (Lipinski definition) is 3. The number of sulfonamides is 1. The Labute approximate surface area is 129 Å². The highest BCUT2D eigenvalue weighted by Crippen LogP contribution is 2.27. The second-order valence-corrected chi connectivity index (χ2v) is 7.73. The fourth-order valence-electron chi connectivity index (χ4n) is 2.03. The van der Waals surface area contributed by atoms with Crippen molar-refractivity contribution in [3.63, 3.8) is 0 Å². The minimum Gasteiger partial charge on any atom is -0.508 e. The lowest BCUT2D eigenvalue weighted by Gasteiger charge is -2.20. The maximum absolute atomic E-state index is 13.9. The second-order valence-electron chi connectivity index (χ2n) is 6.05. The molecule has 6 heteroatoms. The lowest BCUT2D eigenvalue weighted by Crippen LogP contribution is -2.40. The summed E-state index contributed by atoms with van der Waals surface area (Å²) in [7, 11) is -3.69. The van der Waals surface area contributed by atoms with Crippen molar-refractivity contribution < 1.29 is 17.9 Å². The van der Waals surface area contributed by atoms with E-state index in [0.717, 1.165) is 6.07 Å². The van der Waals surface area contributed by atoms with E-state index in [0.29, 0.717) is 5.56 Å². The Morgan fingerprint density at radius 1 is 1.09 bits per heavy atom. The number of phenols is 1. The van der Waals surface area contributed by atoms with Gasteiger partial charge < -0.3 is 5.11 Å². The van der Waals surface area contributed by atoms with Gasteiger partial charge >= 0.3 is 0 Å². The molecule has 0 spiro atoms. The summed E-state index contributed by atoms with van der Waals surface area (Å²) in [5.74, 6) is -0.794. The summed E-state index contributed by atoms with van der Waals surface area (Å²) in [5.41, 5.74) is 0.0402. The van der Waals surface area contributed by atoms with E-state index in [1.165, 1.54) is 24.3 Å². The second kappa shape index (κ2) is 5.70. The van der Waals surface area contributed by atoms with Crippen molar-refractivity contribution in [2.24, 2.45) is 0 Å². The zero-order chi connectivity index (χ0) is 16.5. The van der Waals surface area contributed by atoms with E-state index in [1.807, 2.05) is 0 Å². The van der Waals surface area contributed by atoms with Crippen LogP contribution in [-0.4, -0.2) is 19.1 Å². The van der Waals surface area contributed by atoms with Crippen molar-refractivity contribution in [2.45, 2.75) is 31.2 Å². The van der Waals surface area contributed by atoms with Gasteiger partial charge in [0.2, 0.25) is 10.0 Å². The minimum atomic E-state index is -3.69. The maximum Gasteiger partial charge on any atom is 0.241 e. The van der Waals surface area contributed by atoms with Gasteiger partial charge in [-0.3, -0.25) is 0 Å². The zero-order valence-corrected chi connectivity index (χ0v) is 13.4. The summed E-state index contributed by atoms with van der Waals surface area (Å²) in [4.78, 5) is 0.0624. The maximum atomic E-state index is 13.9. The van der Waals surface area contributed by atoms with Crippen molar-refractivity contribution in [3.8, 4) is 16.9 Å². The van der Waals surface area contributed by atoms with Gasteiger partial charge in [-0.2, -0.15) is 0 Å². The molecule has 0 unspecified atom stereocenters. The first-order valence-corrected chi connectivity index (χ1v) is 8.20. The van der Waals surface area contributed by atoms with Crippen LogP contribution in [0.4, 0.5) is 4.39 Å². The Morgan fingerprint density at radius 2 is 1.77 bits per heavy atom. The predicted octanol–water partition coefficient (Wildman–Crippen LogP) is 3.28. The van der Waals surface area contributed by atoms with Crippen molar-refractivity contribution in [3.05, 3.63) is 48.3 Å². The summed E-state index contributed by atoms with van der Waals surface area (Å²) in [6.07, 6.45) is 0. The molecule has 0 saturated carbocycles. The normalized spacial score (nSPS) is 12.4. The van der Waals surface area contributed by atoms with Gasteiger partial charge in [-0.1, -0.05) is 12.1 Å². The molecule has 0 amide bonds. The lowest BCUT2D eigenvalue weighted by molar-refractivity contribution is 0.469. The molecule has 0 aliphatic heterocycles. The summed E-state index contributed by atoms with van der Waals surface area (Å²) in [6, 6.07) is 9.79. The quantitative estimate of drug-likeness (QED) is 0.911. The van der Waals surface area contributed by atoms with E-state index in [4.69, 9.17) is 0 Å². The Balaban J connectivity index is 2.47. The molecule has 0 radical (unpaired) electrons. The predicted molar refractivity (Wildman–Crippen MR) is 83.6 cm³/mol. The number of phenolic OH excluding ortho intramolecular Hbond substituents is 1. The van der Waals surface area contributed by atoms with Gasteiger partial charge in [-0.05, 0) is 50.6 Å². The van der Waals surface area contributed by atoms with Crippen molar-refractivity contribution in [1.29, 1.82) is 0 Å². The van der Waals surface area contributed by atoms with Crippen LogP contribution in [0.1, 0.15) is 20.8 Å². The zero-order valence-electron chi connectivity index (χ0n) is 12.6. The number of hydrogen-bond donors (Lipinski definition) is 2. The van der Waals surface area contributed by atoms with Gasteiger partial charge in [-0.25, -0.2) is 17.5 Å². The fraction of sp³-hybridized carbons (Fsp3) is 0.250. The van der Waals surface area contributed by atoms with Crippen molar-refractivity contribution >= 4 is 10.0 Å². The first kappa shape index (κ1) is 16.5. The third kappa shape index (κ3) is 3.84. The topological polar surface area (TPSA) is 66.4 Å². The SMILES string of the molecule is CC(C)(C)NS(=O)(=O)c1cccc(-c2ccc(O)cc2F)c1. The molecule has 2 aromatic carbocycles. The van der Waals surface area contributed by atoms with Gasteiger partial charge in [0.15, 0.2) is 0 Å². The van der Waals surface area contributed by atoms with Gasteiger partial charge in [0, 0.05) is 17.2 Å². The molecule has 118 valence electrons. The van der Waals surface area contributed by atoms with Crippen LogP contribution in [0, 0.1) is 5.82 Å². The molecule has 2 N–H and O–H groups in total. The lowest BCUT2D eigenvalue weighted by atomic mass is 10.1. The highest BCUT2D eigenvalue weighted by molar-refractivity contribution is 7.89. The highest BCUT2D eigenvalue weighted by atomic mass is 32.2. The molecule has 0 fully saturated rings. The van der Waals surface area contributed by atoms with Crippen LogP contribution in [0.2, 0.25) is 0 Å². The standard InChI is InChI=1S/C16H18FNO3S/c1-16(2,3)18-22(20,21)13-6-4-5-11(9-13)14-8-7-12(19)10-15(14)17/h4-10,18-19H,1-3H3. The molecule has 4 nitrogen and oxygen atoms in total. The Morgan fingerprint density at radius 3 is 2.36 bits per heavy atom. The van der Waals surface area contributed by atoms with E-state index >= 15 is 0 Å².